The minimum atomic E-state index is -5.98. The van der Waals surface area contributed by atoms with Crippen molar-refractivity contribution in [1.82, 2.24) is 5.32 Å². The van der Waals surface area contributed by atoms with Crippen molar-refractivity contribution in [1.29, 1.82) is 0 Å². The van der Waals surface area contributed by atoms with Crippen LogP contribution in [0.15, 0.2) is 24.3 Å². The predicted octanol–water partition coefficient (Wildman–Crippen LogP) is 2.37. The number of nitrogens with one attached hydrogen (secondary N) is 1. The Labute approximate surface area is 182 Å². The van der Waals surface area contributed by atoms with E-state index in [2.05, 4.69) is 9.47 Å². The van der Waals surface area contributed by atoms with Gasteiger partial charge in [0.2, 0.25) is 11.4 Å². The van der Waals surface area contributed by atoms with Gasteiger partial charge in [-0.15, -0.1) is 0 Å². The monoisotopic (exact) mass is 491 g/mol. The number of ether oxygens (including phenoxy) is 2. The van der Waals surface area contributed by atoms with E-state index in [1.54, 1.807) is 0 Å². The Morgan fingerprint density at radius 3 is 1.55 bits per heavy atom. The lowest BCUT2D eigenvalue weighted by atomic mass is 9.64. The van der Waals surface area contributed by atoms with E-state index >= 15 is 0 Å². The van der Waals surface area contributed by atoms with Gasteiger partial charge in [0, 0.05) is 5.92 Å². The molecule has 1 heterocycles. The molecule has 0 aliphatic carbocycles. The summed E-state index contributed by atoms with van der Waals surface area (Å²) in [6.07, 6.45) is -12.0. The molecule has 1 fully saturated rings. The maximum absolute atomic E-state index is 14.0. The third-order valence-electron chi connectivity index (χ3n) is 5.20. The lowest BCUT2D eigenvalue weighted by molar-refractivity contribution is -0.376. The van der Waals surface area contributed by atoms with E-state index in [4.69, 9.17) is 0 Å². The molecule has 0 amide bonds. The Hall–Kier alpha value is -2.45. The standard InChI is InChI=1S/C19H20F7NO6/c1-3-32-14(28)12-11(9-5-7-10(20)8-6-9)13(15(29)33-4-2)17(31,19(24,25)26)27-16(12,30)18(21,22)23/h5-8,11-13,27,30-31H,3-4H2,1-2H3/t11?,12-,13+,16-,17+. The zero-order chi connectivity index (χ0) is 25.4. The number of benzene rings is 1. The van der Waals surface area contributed by atoms with Crippen LogP contribution in [0.4, 0.5) is 30.7 Å². The van der Waals surface area contributed by atoms with Crippen LogP contribution in [-0.2, 0) is 19.1 Å². The van der Waals surface area contributed by atoms with Crippen LogP contribution in [0.3, 0.4) is 0 Å². The number of carbonyl (C=O) groups is 2. The topological polar surface area (TPSA) is 105 Å². The fourth-order valence-electron chi connectivity index (χ4n) is 3.82. The van der Waals surface area contributed by atoms with E-state index in [0.717, 1.165) is 12.1 Å². The van der Waals surface area contributed by atoms with Gasteiger partial charge in [0.15, 0.2) is 0 Å². The molecule has 0 spiro atoms. The molecule has 1 unspecified atom stereocenters. The van der Waals surface area contributed by atoms with Crippen LogP contribution < -0.4 is 5.32 Å². The lowest BCUT2D eigenvalue weighted by Gasteiger charge is -2.54. The first-order chi connectivity index (χ1) is 15.0. The average molecular weight is 491 g/mol. The Balaban J connectivity index is 2.95. The maximum Gasteiger partial charge on any atom is 0.432 e. The number of rotatable bonds is 5. The second-order valence-corrected chi connectivity index (χ2v) is 7.19. The van der Waals surface area contributed by atoms with Gasteiger partial charge >= 0.3 is 24.3 Å². The second kappa shape index (κ2) is 9.06. The Morgan fingerprint density at radius 1 is 0.879 bits per heavy atom. The summed E-state index contributed by atoms with van der Waals surface area (Å²) in [6.45, 7) is 1.30. The Bertz CT molecular complexity index is 827. The number of carbonyl (C=O) groups excluding carboxylic acids is 2. The average Bonchev–Trinajstić information content (AvgIpc) is 2.66. The fourth-order valence-corrected chi connectivity index (χ4v) is 3.82. The summed E-state index contributed by atoms with van der Waals surface area (Å²) >= 11 is 0. The number of esters is 2. The fraction of sp³-hybridized carbons (Fsp3) is 0.579. The van der Waals surface area contributed by atoms with Crippen molar-refractivity contribution in [3.8, 4) is 0 Å². The van der Waals surface area contributed by atoms with Gasteiger partial charge in [-0.25, -0.2) is 9.71 Å². The van der Waals surface area contributed by atoms with Crippen LogP contribution in [0.5, 0.6) is 0 Å². The molecule has 0 bridgehead atoms. The highest BCUT2D eigenvalue weighted by atomic mass is 19.4. The number of aliphatic hydroxyl groups is 2. The van der Waals surface area contributed by atoms with Gasteiger partial charge in [0.05, 0.1) is 13.2 Å². The molecular formula is C19H20F7NO6. The number of alkyl halides is 6. The summed E-state index contributed by atoms with van der Waals surface area (Å²) < 4.78 is 106. The highest BCUT2D eigenvalue weighted by Crippen LogP contribution is 2.55. The number of halogens is 7. The largest absolute Gasteiger partial charge is 0.466 e. The summed E-state index contributed by atoms with van der Waals surface area (Å²) in [5.41, 5.74) is -10.0. The second-order valence-electron chi connectivity index (χ2n) is 7.19. The summed E-state index contributed by atoms with van der Waals surface area (Å²) in [7, 11) is 0. The number of hydrogen-bond acceptors (Lipinski definition) is 7. The SMILES string of the molecule is CCOC(=O)[C@@H]1C(c2ccc(F)cc2)[C@H](C(=O)OCC)[C@@](O)(C(F)(F)F)N[C@@]1(O)C(F)(F)F. The van der Waals surface area contributed by atoms with Crippen molar-refractivity contribution in [3.05, 3.63) is 35.6 Å². The number of piperidine rings is 1. The molecule has 2 rings (SSSR count). The molecule has 3 N–H and O–H groups in total. The first kappa shape index (κ1) is 26.8. The summed E-state index contributed by atoms with van der Waals surface area (Å²) in [5.74, 6) is -13.0. The zero-order valence-electron chi connectivity index (χ0n) is 17.1. The molecule has 1 aliphatic heterocycles. The van der Waals surface area contributed by atoms with Gasteiger partial charge in [-0.3, -0.25) is 9.59 Å². The van der Waals surface area contributed by atoms with E-state index < -0.39 is 78.1 Å². The van der Waals surface area contributed by atoms with Crippen LogP contribution >= 0.6 is 0 Å². The van der Waals surface area contributed by atoms with E-state index in [1.807, 2.05) is 0 Å². The van der Waals surface area contributed by atoms with Crippen molar-refractivity contribution < 1.29 is 60.0 Å². The van der Waals surface area contributed by atoms with E-state index in [1.165, 1.54) is 13.8 Å². The first-order valence-electron chi connectivity index (χ1n) is 9.51. The molecule has 0 aromatic heterocycles. The molecule has 1 aromatic carbocycles. The van der Waals surface area contributed by atoms with Gasteiger partial charge in [-0.2, -0.15) is 26.3 Å². The van der Waals surface area contributed by atoms with Gasteiger partial charge in [-0.05, 0) is 31.5 Å². The van der Waals surface area contributed by atoms with Gasteiger partial charge in [-0.1, -0.05) is 12.1 Å². The van der Waals surface area contributed by atoms with E-state index in [-0.39, 0.29) is 0 Å². The molecule has 1 aromatic rings. The van der Waals surface area contributed by atoms with Crippen molar-refractivity contribution in [2.45, 2.75) is 43.6 Å². The van der Waals surface area contributed by atoms with Crippen molar-refractivity contribution in [2.75, 3.05) is 13.2 Å². The molecule has 186 valence electrons. The van der Waals surface area contributed by atoms with Crippen LogP contribution in [0.2, 0.25) is 0 Å². The van der Waals surface area contributed by atoms with Gasteiger partial charge < -0.3 is 19.7 Å². The quantitative estimate of drug-likeness (QED) is 0.429. The molecule has 0 radical (unpaired) electrons. The molecular weight excluding hydrogens is 471 g/mol. The minimum absolute atomic E-state index is 0.535. The third-order valence-corrected chi connectivity index (χ3v) is 5.20. The van der Waals surface area contributed by atoms with E-state index in [9.17, 15) is 50.5 Å². The minimum Gasteiger partial charge on any atom is -0.466 e. The first-order valence-corrected chi connectivity index (χ1v) is 9.51. The molecule has 0 saturated carbocycles. The van der Waals surface area contributed by atoms with Gasteiger partial charge in [0.1, 0.15) is 17.7 Å². The summed E-state index contributed by atoms with van der Waals surface area (Å²) in [6, 6.07) is 2.75. The van der Waals surface area contributed by atoms with Crippen LogP contribution in [-0.4, -0.2) is 59.2 Å². The third kappa shape index (κ3) is 4.64. The van der Waals surface area contributed by atoms with E-state index in [0.29, 0.717) is 17.4 Å². The summed E-state index contributed by atoms with van der Waals surface area (Å²) in [5, 5.41) is 21.6. The lowest BCUT2D eigenvalue weighted by Crippen LogP contribution is -2.81. The van der Waals surface area contributed by atoms with Crippen LogP contribution in [0.1, 0.15) is 25.3 Å². The molecule has 33 heavy (non-hydrogen) atoms. The summed E-state index contributed by atoms with van der Waals surface area (Å²) in [4.78, 5) is 25.2. The molecule has 5 atom stereocenters. The number of hydrogen-bond donors (Lipinski definition) is 3. The normalized spacial score (nSPS) is 30.6. The van der Waals surface area contributed by atoms with Crippen molar-refractivity contribution >= 4 is 11.9 Å². The maximum atomic E-state index is 14.0. The highest BCUT2D eigenvalue weighted by Gasteiger charge is 2.78. The predicted molar refractivity (Wildman–Crippen MR) is 94.5 cm³/mol. The molecule has 14 heteroatoms. The Morgan fingerprint density at radius 2 is 1.24 bits per heavy atom. The van der Waals surface area contributed by atoms with Gasteiger partial charge in [0.25, 0.3) is 0 Å². The Kier molecular flexibility index (Phi) is 7.36. The van der Waals surface area contributed by atoms with Crippen LogP contribution in [0.25, 0.3) is 0 Å². The molecule has 1 saturated heterocycles. The smallest absolute Gasteiger partial charge is 0.432 e. The molecule has 7 nitrogen and oxygen atoms in total. The highest BCUT2D eigenvalue weighted by molar-refractivity contribution is 5.81. The van der Waals surface area contributed by atoms with Crippen molar-refractivity contribution in [2.24, 2.45) is 11.8 Å². The zero-order valence-corrected chi connectivity index (χ0v) is 17.1. The molecule has 1 aliphatic rings. The van der Waals surface area contributed by atoms with Crippen LogP contribution in [0, 0.1) is 17.7 Å². The van der Waals surface area contributed by atoms with Crippen molar-refractivity contribution in [3.63, 3.8) is 0 Å².